The Morgan fingerprint density at radius 2 is 1.80 bits per heavy atom. The third-order valence-corrected chi connectivity index (χ3v) is 8.76. The van der Waals surface area contributed by atoms with Gasteiger partial charge in [-0.2, -0.15) is 0 Å². The Morgan fingerprint density at radius 3 is 2.43 bits per heavy atom. The molecule has 1 saturated carbocycles. The third kappa shape index (κ3) is 5.54. The number of Topliss-reactive ketones (excluding diaryl/α,β-unsaturated/α-hetero) is 1. The highest BCUT2D eigenvalue weighted by Crippen LogP contribution is 2.62. The minimum Gasteiger partial charge on any atom is -0.300 e. The lowest BCUT2D eigenvalue weighted by Crippen LogP contribution is -2.40. The van der Waals surface area contributed by atoms with Crippen molar-refractivity contribution in [3.63, 3.8) is 0 Å². The van der Waals surface area contributed by atoms with Gasteiger partial charge in [0.25, 0.3) is 0 Å². The zero-order valence-electron chi connectivity index (χ0n) is 20.6. The number of ketones is 1. The van der Waals surface area contributed by atoms with Gasteiger partial charge in [0.05, 0.1) is 0 Å². The first kappa shape index (κ1) is 25.1. The van der Waals surface area contributed by atoms with Crippen molar-refractivity contribution in [2.24, 2.45) is 22.7 Å². The maximum Gasteiger partial charge on any atom is 0.145 e. The Kier molecular flexibility index (Phi) is 9.13. The summed E-state index contributed by atoms with van der Waals surface area (Å²) in [6.07, 6.45) is 17.8. The van der Waals surface area contributed by atoms with Gasteiger partial charge in [0.2, 0.25) is 0 Å². The maximum atomic E-state index is 11.5. The van der Waals surface area contributed by atoms with Crippen LogP contribution in [-0.4, -0.2) is 12.1 Å². The molecule has 2 nitrogen and oxygen atoms in total. The molecule has 2 heteroatoms. The Morgan fingerprint density at radius 1 is 1.10 bits per heavy atom. The monoisotopic (exact) mass is 414 g/mol. The van der Waals surface area contributed by atoms with E-state index in [0.29, 0.717) is 11.2 Å². The van der Waals surface area contributed by atoms with Crippen LogP contribution in [0.3, 0.4) is 0 Å². The van der Waals surface area contributed by atoms with Crippen molar-refractivity contribution in [3.05, 3.63) is 22.8 Å². The van der Waals surface area contributed by atoms with Crippen LogP contribution in [0.2, 0.25) is 0 Å². The summed E-state index contributed by atoms with van der Waals surface area (Å²) in [5, 5.41) is 0. The van der Waals surface area contributed by atoms with E-state index in [0.717, 1.165) is 43.0 Å². The maximum absolute atomic E-state index is 11.5. The Bertz CT molecular complexity index is 670. The highest BCUT2D eigenvalue weighted by molar-refractivity contribution is 5.75. The molecule has 1 fully saturated rings. The summed E-state index contributed by atoms with van der Waals surface area (Å²) in [5.74, 6) is 2.04. The second-order valence-corrected chi connectivity index (χ2v) is 10.8. The molecule has 0 N–H and O–H groups in total. The molecule has 0 spiro atoms. The molecule has 0 aromatic rings. The Balaban J connectivity index is 0.000000303. The minimum atomic E-state index is 0.288. The van der Waals surface area contributed by atoms with Crippen LogP contribution in [0.4, 0.5) is 0 Å². The van der Waals surface area contributed by atoms with Crippen LogP contribution < -0.4 is 0 Å². The molecule has 4 atom stereocenters. The van der Waals surface area contributed by atoms with Crippen LogP contribution in [0.15, 0.2) is 22.8 Å². The number of fused-ring (bicyclic) bond motifs is 2. The van der Waals surface area contributed by atoms with E-state index in [1.807, 2.05) is 18.6 Å². The molecular formula is C28H46O2. The first-order chi connectivity index (χ1) is 14.2. The third-order valence-electron chi connectivity index (χ3n) is 8.76. The van der Waals surface area contributed by atoms with Gasteiger partial charge >= 0.3 is 0 Å². The van der Waals surface area contributed by atoms with E-state index in [1.54, 1.807) is 12.5 Å². The second kappa shape index (κ2) is 10.9. The van der Waals surface area contributed by atoms with E-state index >= 15 is 0 Å². The lowest BCUT2D eigenvalue weighted by molar-refractivity contribution is -0.117. The van der Waals surface area contributed by atoms with E-state index in [1.165, 1.54) is 57.8 Å². The van der Waals surface area contributed by atoms with Crippen LogP contribution in [0.25, 0.3) is 0 Å². The number of hydrogen-bond donors (Lipinski definition) is 0. The minimum absolute atomic E-state index is 0.288. The molecule has 4 unspecified atom stereocenters. The van der Waals surface area contributed by atoms with Crippen LogP contribution in [-0.2, 0) is 9.59 Å². The first-order valence-electron chi connectivity index (χ1n) is 12.5. The Hall–Kier alpha value is -1.18. The quantitative estimate of drug-likeness (QED) is 0.183. The van der Waals surface area contributed by atoms with Gasteiger partial charge < -0.3 is 4.79 Å². The normalized spacial score (nSPS) is 33.3. The molecule has 0 aromatic carbocycles. The topological polar surface area (TPSA) is 34.1 Å². The molecule has 0 amide bonds. The van der Waals surface area contributed by atoms with Gasteiger partial charge in [-0.05, 0) is 93.5 Å². The highest BCUT2D eigenvalue weighted by atomic mass is 16.1. The lowest BCUT2D eigenvalue weighted by atomic mass is 9.53. The summed E-state index contributed by atoms with van der Waals surface area (Å²) >= 11 is 0. The summed E-state index contributed by atoms with van der Waals surface area (Å²) in [4.78, 5) is 21.6. The van der Waals surface area contributed by atoms with E-state index < -0.39 is 0 Å². The van der Waals surface area contributed by atoms with E-state index in [-0.39, 0.29) is 5.41 Å². The van der Waals surface area contributed by atoms with Gasteiger partial charge in [-0.1, -0.05) is 64.2 Å². The number of rotatable bonds is 7. The van der Waals surface area contributed by atoms with Crippen molar-refractivity contribution in [1.82, 2.24) is 0 Å². The van der Waals surface area contributed by atoms with Crippen LogP contribution >= 0.6 is 0 Å². The molecule has 170 valence electrons. The van der Waals surface area contributed by atoms with Crippen molar-refractivity contribution in [2.75, 3.05) is 0 Å². The van der Waals surface area contributed by atoms with Crippen molar-refractivity contribution in [1.29, 1.82) is 0 Å². The molecular weight excluding hydrogens is 368 g/mol. The fourth-order valence-electron chi connectivity index (χ4n) is 6.37. The molecule has 3 rings (SSSR count). The second-order valence-electron chi connectivity index (χ2n) is 10.8. The summed E-state index contributed by atoms with van der Waals surface area (Å²) in [6.45, 7) is 13.2. The Labute approximate surface area is 186 Å². The zero-order valence-corrected chi connectivity index (χ0v) is 20.6. The SMILES string of the molecule is CC(=O)CCC1(C)C2=C(CCC1C)C1(C)CCCC1CC2.CCCC/C=C(/C)C=O. The van der Waals surface area contributed by atoms with Crippen molar-refractivity contribution in [2.45, 2.75) is 119 Å². The number of hydrogen-bond acceptors (Lipinski definition) is 2. The van der Waals surface area contributed by atoms with Gasteiger partial charge in [0.15, 0.2) is 0 Å². The molecule has 0 radical (unpaired) electrons. The molecule has 0 aliphatic heterocycles. The van der Waals surface area contributed by atoms with Gasteiger partial charge in [0.1, 0.15) is 12.1 Å². The van der Waals surface area contributed by atoms with Crippen molar-refractivity contribution in [3.8, 4) is 0 Å². The average molecular weight is 415 g/mol. The fraction of sp³-hybridized carbons (Fsp3) is 0.786. The first-order valence-corrected chi connectivity index (χ1v) is 12.5. The highest BCUT2D eigenvalue weighted by Gasteiger charge is 2.50. The van der Waals surface area contributed by atoms with E-state index in [2.05, 4.69) is 27.7 Å². The largest absolute Gasteiger partial charge is 0.300 e. The molecule has 30 heavy (non-hydrogen) atoms. The average Bonchev–Trinajstić information content (AvgIpc) is 3.11. The summed E-state index contributed by atoms with van der Waals surface area (Å²) in [7, 11) is 0. The summed E-state index contributed by atoms with van der Waals surface area (Å²) in [5.41, 5.74) is 5.26. The zero-order chi connectivity index (χ0) is 22.4. The standard InChI is InChI=1S/C20H32O.C8H14O/c1-14-7-9-18-17(19(14,3)13-11-15(2)21)10-8-16-6-5-12-20(16,18)4;1-3-4-5-6-8(2)7-9/h14,16H,5-13H2,1-4H3;6-7H,3-5H2,1-2H3/b;8-6-. The van der Waals surface area contributed by atoms with Crippen LogP contribution in [0, 0.1) is 22.7 Å². The summed E-state index contributed by atoms with van der Waals surface area (Å²) in [6, 6.07) is 0. The van der Waals surface area contributed by atoms with Gasteiger partial charge in [-0.25, -0.2) is 0 Å². The van der Waals surface area contributed by atoms with Crippen molar-refractivity contribution < 1.29 is 9.59 Å². The van der Waals surface area contributed by atoms with Gasteiger partial charge in [-0.3, -0.25) is 4.79 Å². The van der Waals surface area contributed by atoms with Crippen LogP contribution in [0.5, 0.6) is 0 Å². The lowest BCUT2D eigenvalue weighted by Gasteiger charge is -2.52. The molecule has 3 aliphatic carbocycles. The predicted molar refractivity (Wildman–Crippen MR) is 127 cm³/mol. The predicted octanol–water partition coefficient (Wildman–Crippen LogP) is 8.01. The number of carbonyl (C=O) groups excluding carboxylic acids is 2. The van der Waals surface area contributed by atoms with Gasteiger partial charge in [-0.15, -0.1) is 0 Å². The number of carbonyl (C=O) groups is 2. The molecule has 0 heterocycles. The number of unbranched alkanes of at least 4 members (excludes halogenated alkanes) is 2. The smallest absolute Gasteiger partial charge is 0.145 e. The number of allylic oxidation sites excluding steroid dienone is 4. The van der Waals surface area contributed by atoms with E-state index in [4.69, 9.17) is 0 Å². The fourth-order valence-corrected chi connectivity index (χ4v) is 6.37. The van der Waals surface area contributed by atoms with Crippen molar-refractivity contribution >= 4 is 12.1 Å². The molecule has 0 aromatic heterocycles. The van der Waals surface area contributed by atoms with Gasteiger partial charge in [0, 0.05) is 6.42 Å². The summed E-state index contributed by atoms with van der Waals surface area (Å²) < 4.78 is 0. The molecule has 0 bridgehead atoms. The van der Waals surface area contributed by atoms with Crippen LogP contribution in [0.1, 0.15) is 119 Å². The van der Waals surface area contributed by atoms with E-state index in [9.17, 15) is 9.59 Å². The number of aldehydes is 1. The molecule has 0 saturated heterocycles. The molecule has 3 aliphatic rings.